The molecule has 0 N–H and O–H groups in total. The van der Waals surface area contributed by atoms with Crippen molar-refractivity contribution < 1.29 is 8.42 Å². The maximum atomic E-state index is 11.4. The molecule has 2 rings (SSSR count). The van der Waals surface area contributed by atoms with E-state index in [2.05, 4.69) is 5.10 Å². The fourth-order valence-electron chi connectivity index (χ4n) is 1.58. The van der Waals surface area contributed by atoms with Crippen LogP contribution < -0.4 is 0 Å². The lowest BCUT2D eigenvalue weighted by Crippen LogP contribution is -2.03. The van der Waals surface area contributed by atoms with Gasteiger partial charge in [0, 0.05) is 18.5 Å². The van der Waals surface area contributed by atoms with Gasteiger partial charge in [0.1, 0.15) is 4.21 Å². The zero-order chi connectivity index (χ0) is 12.6. The molecule has 0 atom stereocenters. The molecule has 92 valence electrons. The molecule has 0 bridgehead atoms. The molecule has 0 fully saturated rings. The summed E-state index contributed by atoms with van der Waals surface area (Å²) < 4.78 is 25.1. The summed E-state index contributed by atoms with van der Waals surface area (Å²) in [5, 5.41) is 4.24. The SMILES string of the molecule is CC(C)n1nccc1-c1ccc(S(C)(=O)=O)s1. The van der Waals surface area contributed by atoms with E-state index in [1.54, 1.807) is 12.3 Å². The summed E-state index contributed by atoms with van der Waals surface area (Å²) in [5.74, 6) is 0. The third-order valence-corrected chi connectivity index (χ3v) is 5.29. The molecule has 2 aromatic rings. The highest BCUT2D eigenvalue weighted by molar-refractivity contribution is 7.92. The second-order valence-corrected chi connectivity index (χ2v) is 7.47. The molecule has 2 aromatic heterocycles. The van der Waals surface area contributed by atoms with Crippen LogP contribution in [-0.2, 0) is 9.84 Å². The minimum atomic E-state index is -3.12. The van der Waals surface area contributed by atoms with Crippen molar-refractivity contribution in [3.63, 3.8) is 0 Å². The van der Waals surface area contributed by atoms with E-state index in [0.29, 0.717) is 4.21 Å². The molecule has 4 nitrogen and oxygen atoms in total. The van der Waals surface area contributed by atoms with Crippen molar-refractivity contribution in [2.24, 2.45) is 0 Å². The predicted molar refractivity (Wildman–Crippen MR) is 69.0 cm³/mol. The summed E-state index contributed by atoms with van der Waals surface area (Å²) in [6.07, 6.45) is 2.96. The van der Waals surface area contributed by atoms with Crippen molar-refractivity contribution >= 4 is 21.2 Å². The fraction of sp³-hybridized carbons (Fsp3) is 0.364. The van der Waals surface area contributed by atoms with E-state index in [4.69, 9.17) is 0 Å². The van der Waals surface area contributed by atoms with Crippen molar-refractivity contribution in [3.05, 3.63) is 24.4 Å². The van der Waals surface area contributed by atoms with Crippen LogP contribution in [0.15, 0.2) is 28.6 Å². The lowest BCUT2D eigenvalue weighted by atomic mass is 10.3. The smallest absolute Gasteiger partial charge is 0.184 e. The van der Waals surface area contributed by atoms with E-state index in [9.17, 15) is 8.42 Å². The van der Waals surface area contributed by atoms with Gasteiger partial charge in [0.05, 0.1) is 10.6 Å². The van der Waals surface area contributed by atoms with E-state index in [0.717, 1.165) is 10.6 Å². The highest BCUT2D eigenvalue weighted by Crippen LogP contribution is 2.31. The molecule has 0 aliphatic heterocycles. The lowest BCUT2D eigenvalue weighted by Gasteiger charge is -2.09. The molecule has 0 radical (unpaired) electrons. The molecular weight excluding hydrogens is 256 g/mol. The molecular formula is C11H14N2O2S2. The normalized spacial score (nSPS) is 12.2. The van der Waals surface area contributed by atoms with Crippen LogP contribution in [0.5, 0.6) is 0 Å². The first kappa shape index (κ1) is 12.3. The average molecular weight is 270 g/mol. The molecule has 17 heavy (non-hydrogen) atoms. The molecule has 0 saturated heterocycles. The van der Waals surface area contributed by atoms with Gasteiger partial charge in [-0.05, 0) is 32.0 Å². The molecule has 0 aromatic carbocycles. The quantitative estimate of drug-likeness (QED) is 0.861. The van der Waals surface area contributed by atoms with Crippen LogP contribution in [0.3, 0.4) is 0 Å². The van der Waals surface area contributed by atoms with Crippen molar-refractivity contribution in [1.29, 1.82) is 0 Å². The number of thiophene rings is 1. The first-order valence-electron chi connectivity index (χ1n) is 5.23. The maximum Gasteiger partial charge on any atom is 0.184 e. The van der Waals surface area contributed by atoms with Gasteiger partial charge in [-0.3, -0.25) is 4.68 Å². The molecule has 0 spiro atoms. The van der Waals surface area contributed by atoms with E-state index in [-0.39, 0.29) is 6.04 Å². The third kappa shape index (κ3) is 2.42. The van der Waals surface area contributed by atoms with Gasteiger partial charge in [0.25, 0.3) is 0 Å². The standard InChI is InChI=1S/C11H14N2O2S2/c1-8(2)13-9(6-7-12-13)10-4-5-11(16-10)17(3,14)15/h4-8H,1-3H3. The summed E-state index contributed by atoms with van der Waals surface area (Å²) >= 11 is 1.28. The van der Waals surface area contributed by atoms with Crippen molar-refractivity contribution in [3.8, 4) is 10.6 Å². The van der Waals surface area contributed by atoms with Crippen LogP contribution in [-0.4, -0.2) is 24.5 Å². The van der Waals surface area contributed by atoms with Gasteiger partial charge in [-0.1, -0.05) is 0 Å². The highest BCUT2D eigenvalue weighted by atomic mass is 32.2. The number of aromatic nitrogens is 2. The molecule has 0 amide bonds. The van der Waals surface area contributed by atoms with Crippen LogP contribution in [0, 0.1) is 0 Å². The number of hydrogen-bond donors (Lipinski definition) is 0. The second kappa shape index (κ2) is 4.27. The Balaban J connectivity index is 2.48. The molecule has 0 unspecified atom stereocenters. The Morgan fingerprint density at radius 3 is 2.53 bits per heavy atom. The first-order chi connectivity index (χ1) is 7.89. The van der Waals surface area contributed by atoms with Gasteiger partial charge in [0.15, 0.2) is 9.84 Å². The van der Waals surface area contributed by atoms with Gasteiger partial charge in [-0.2, -0.15) is 5.10 Å². The Hall–Kier alpha value is -1.14. The van der Waals surface area contributed by atoms with Crippen LogP contribution >= 0.6 is 11.3 Å². The molecule has 6 heteroatoms. The van der Waals surface area contributed by atoms with E-state index >= 15 is 0 Å². The van der Waals surface area contributed by atoms with Gasteiger partial charge in [0.2, 0.25) is 0 Å². The Morgan fingerprint density at radius 1 is 1.29 bits per heavy atom. The zero-order valence-corrected chi connectivity index (χ0v) is 11.5. The largest absolute Gasteiger partial charge is 0.262 e. The van der Waals surface area contributed by atoms with Crippen molar-refractivity contribution in [2.75, 3.05) is 6.26 Å². The van der Waals surface area contributed by atoms with E-state index < -0.39 is 9.84 Å². The average Bonchev–Trinajstić information content (AvgIpc) is 2.85. The Bertz CT molecular complexity index is 623. The molecule has 2 heterocycles. The number of sulfone groups is 1. The monoisotopic (exact) mass is 270 g/mol. The number of nitrogens with zero attached hydrogens (tertiary/aromatic N) is 2. The fourth-order valence-corrected chi connectivity index (χ4v) is 3.52. The van der Waals surface area contributed by atoms with E-state index in [1.807, 2.05) is 30.7 Å². The Kier molecular flexibility index (Phi) is 3.09. The molecule has 0 aliphatic carbocycles. The van der Waals surface area contributed by atoms with Gasteiger partial charge in [-0.25, -0.2) is 8.42 Å². The number of hydrogen-bond acceptors (Lipinski definition) is 4. The van der Waals surface area contributed by atoms with Crippen LogP contribution in [0.4, 0.5) is 0 Å². The maximum absolute atomic E-state index is 11.4. The van der Waals surface area contributed by atoms with Crippen LogP contribution in [0.1, 0.15) is 19.9 Å². The number of rotatable bonds is 3. The molecule has 0 aliphatic rings. The van der Waals surface area contributed by atoms with E-state index in [1.165, 1.54) is 17.6 Å². The van der Waals surface area contributed by atoms with Gasteiger partial charge < -0.3 is 0 Å². The highest BCUT2D eigenvalue weighted by Gasteiger charge is 2.14. The zero-order valence-electron chi connectivity index (χ0n) is 9.91. The summed E-state index contributed by atoms with van der Waals surface area (Å²) in [7, 11) is -3.12. The minimum Gasteiger partial charge on any atom is -0.262 e. The second-order valence-electron chi connectivity index (χ2n) is 4.15. The Labute approximate surface area is 105 Å². The van der Waals surface area contributed by atoms with Gasteiger partial charge >= 0.3 is 0 Å². The lowest BCUT2D eigenvalue weighted by molar-refractivity contribution is 0.539. The molecule has 0 saturated carbocycles. The van der Waals surface area contributed by atoms with Crippen molar-refractivity contribution in [2.45, 2.75) is 24.1 Å². The Morgan fingerprint density at radius 2 is 2.00 bits per heavy atom. The summed E-state index contributed by atoms with van der Waals surface area (Å²) in [4.78, 5) is 0.927. The summed E-state index contributed by atoms with van der Waals surface area (Å²) in [5.41, 5.74) is 0.958. The third-order valence-electron chi connectivity index (χ3n) is 2.36. The minimum absolute atomic E-state index is 0.254. The predicted octanol–water partition coefficient (Wildman–Crippen LogP) is 2.60. The van der Waals surface area contributed by atoms with Crippen LogP contribution in [0.2, 0.25) is 0 Å². The van der Waals surface area contributed by atoms with Gasteiger partial charge in [-0.15, -0.1) is 11.3 Å². The summed E-state index contributed by atoms with van der Waals surface area (Å²) in [6, 6.07) is 5.63. The topological polar surface area (TPSA) is 52.0 Å². The van der Waals surface area contributed by atoms with Crippen molar-refractivity contribution in [1.82, 2.24) is 9.78 Å². The summed E-state index contributed by atoms with van der Waals surface area (Å²) in [6.45, 7) is 4.09. The van der Waals surface area contributed by atoms with Crippen LogP contribution in [0.25, 0.3) is 10.6 Å². The first-order valence-corrected chi connectivity index (χ1v) is 7.94.